The van der Waals surface area contributed by atoms with E-state index in [4.69, 9.17) is 4.42 Å². The first-order valence-electron chi connectivity index (χ1n) is 7.48. The van der Waals surface area contributed by atoms with Crippen LogP contribution in [0.25, 0.3) is 10.8 Å². The average Bonchev–Trinajstić information content (AvgIpc) is 3.24. The number of anilines is 1. The Hall–Kier alpha value is -2.46. The van der Waals surface area contributed by atoms with E-state index in [0.717, 1.165) is 4.68 Å². The van der Waals surface area contributed by atoms with Gasteiger partial charge in [-0.25, -0.2) is 4.79 Å². The Labute approximate surface area is 154 Å². The number of nitrogens with zero attached hydrogens (tertiary/aromatic N) is 2. The van der Waals surface area contributed by atoms with Crippen molar-refractivity contribution in [3.05, 3.63) is 52.3 Å². The van der Waals surface area contributed by atoms with Crippen molar-refractivity contribution in [2.45, 2.75) is 23.6 Å². The third kappa shape index (κ3) is 4.58. The van der Waals surface area contributed by atoms with Crippen molar-refractivity contribution in [2.24, 2.45) is 0 Å². The molecule has 2 heterocycles. The number of aromatic nitrogens is 2. The highest BCUT2D eigenvalue weighted by molar-refractivity contribution is 7.99. The third-order valence-electron chi connectivity index (χ3n) is 3.27. The summed E-state index contributed by atoms with van der Waals surface area (Å²) < 4.78 is 31.3. The average molecular weight is 397 g/mol. The smallest absolute Gasteiger partial charge is 0.387 e. The van der Waals surface area contributed by atoms with Gasteiger partial charge in [-0.3, -0.25) is 4.79 Å². The summed E-state index contributed by atoms with van der Waals surface area (Å²) in [5.74, 6) is -3.46. The zero-order chi connectivity index (χ0) is 18.5. The number of carbonyl (C=O) groups excluding carboxylic acids is 1. The van der Waals surface area contributed by atoms with E-state index in [-0.39, 0.29) is 23.8 Å². The molecule has 0 saturated carbocycles. The summed E-state index contributed by atoms with van der Waals surface area (Å²) in [6.45, 7) is 0.0176. The molecular formula is C16H13F2N3O3S2. The van der Waals surface area contributed by atoms with Gasteiger partial charge < -0.3 is 9.73 Å². The predicted molar refractivity (Wildman–Crippen MR) is 95.6 cm³/mol. The molecule has 0 unspecified atom stereocenters. The largest absolute Gasteiger partial charge is 0.437 e. The van der Waals surface area contributed by atoms with Gasteiger partial charge in [0.15, 0.2) is 0 Å². The molecule has 0 fully saturated rings. The van der Waals surface area contributed by atoms with Crippen LogP contribution in [0.2, 0.25) is 0 Å². The molecule has 0 aliphatic rings. The summed E-state index contributed by atoms with van der Waals surface area (Å²) in [7, 11) is 0. The molecule has 0 bridgehead atoms. The van der Waals surface area contributed by atoms with E-state index in [1.807, 2.05) is 5.38 Å². The number of thioether (sulfide) groups is 1. The molecule has 2 aromatic heterocycles. The summed E-state index contributed by atoms with van der Waals surface area (Å²) in [6.07, 6.45) is -0.0516. The number of hydrogen-bond donors (Lipinski definition) is 1. The molecule has 0 aliphatic heterocycles. The maximum atomic E-state index is 12.6. The number of hydrogen-bond acceptors (Lipinski definition) is 6. The number of halogens is 2. The molecule has 1 aromatic carbocycles. The van der Waals surface area contributed by atoms with Gasteiger partial charge in [0.05, 0.1) is 17.1 Å². The Morgan fingerprint density at radius 2 is 2.12 bits per heavy atom. The van der Waals surface area contributed by atoms with Gasteiger partial charge >= 0.3 is 5.76 Å². The lowest BCUT2D eigenvalue weighted by Crippen LogP contribution is -2.21. The number of para-hydroxylation sites is 1. The Bertz CT molecular complexity index is 938. The second kappa shape index (κ2) is 8.28. The topological polar surface area (TPSA) is 77.1 Å². The molecule has 0 atom stereocenters. The van der Waals surface area contributed by atoms with Crippen molar-refractivity contribution in [3.8, 4) is 10.8 Å². The summed E-state index contributed by atoms with van der Waals surface area (Å²) in [4.78, 5) is 24.9. The minimum atomic E-state index is -2.59. The van der Waals surface area contributed by atoms with E-state index >= 15 is 0 Å². The predicted octanol–water partition coefficient (Wildman–Crippen LogP) is 3.91. The molecule has 1 amide bonds. The van der Waals surface area contributed by atoms with Crippen molar-refractivity contribution in [2.75, 3.05) is 5.32 Å². The fourth-order valence-electron chi connectivity index (χ4n) is 2.14. The Morgan fingerprint density at radius 1 is 1.31 bits per heavy atom. The highest BCUT2D eigenvalue weighted by Crippen LogP contribution is 2.31. The number of carbonyl (C=O) groups is 1. The molecular weight excluding hydrogens is 384 g/mol. The fraction of sp³-hybridized carbons (Fsp3) is 0.188. The van der Waals surface area contributed by atoms with Gasteiger partial charge in [0.2, 0.25) is 5.91 Å². The van der Waals surface area contributed by atoms with Gasteiger partial charge in [-0.05, 0) is 23.6 Å². The normalized spacial score (nSPS) is 11.0. The number of rotatable bonds is 7. The highest BCUT2D eigenvalue weighted by atomic mass is 32.2. The lowest BCUT2D eigenvalue weighted by Gasteiger charge is -2.10. The number of benzene rings is 1. The number of nitrogens with one attached hydrogen (secondary N) is 1. The van der Waals surface area contributed by atoms with Crippen LogP contribution < -0.4 is 11.1 Å². The lowest BCUT2D eigenvalue weighted by atomic mass is 10.3. The van der Waals surface area contributed by atoms with E-state index in [9.17, 15) is 18.4 Å². The van der Waals surface area contributed by atoms with E-state index in [2.05, 4.69) is 10.4 Å². The minimum Gasteiger partial charge on any atom is -0.387 e. The molecule has 26 heavy (non-hydrogen) atoms. The van der Waals surface area contributed by atoms with E-state index in [1.54, 1.807) is 30.3 Å². The molecule has 10 heteroatoms. The Kier molecular flexibility index (Phi) is 5.84. The first-order chi connectivity index (χ1) is 12.5. The zero-order valence-corrected chi connectivity index (χ0v) is 14.9. The number of aryl methyl sites for hydroxylation is 1. The molecule has 3 aromatic rings. The Morgan fingerprint density at radius 3 is 2.85 bits per heavy atom. The van der Waals surface area contributed by atoms with Gasteiger partial charge in [0.1, 0.15) is 0 Å². The van der Waals surface area contributed by atoms with Crippen LogP contribution in [0.3, 0.4) is 0 Å². The third-order valence-corrected chi connectivity index (χ3v) is 4.91. The van der Waals surface area contributed by atoms with Crippen LogP contribution in [0.1, 0.15) is 6.42 Å². The molecule has 0 saturated heterocycles. The zero-order valence-electron chi connectivity index (χ0n) is 13.2. The maximum Gasteiger partial charge on any atom is 0.437 e. The molecule has 1 N–H and O–H groups in total. The van der Waals surface area contributed by atoms with Crippen LogP contribution in [0.5, 0.6) is 0 Å². The van der Waals surface area contributed by atoms with Crippen LogP contribution in [0, 0.1) is 0 Å². The van der Waals surface area contributed by atoms with Crippen LogP contribution in [0.15, 0.2) is 55.9 Å². The van der Waals surface area contributed by atoms with Crippen molar-refractivity contribution >= 4 is 34.7 Å². The van der Waals surface area contributed by atoms with Crippen molar-refractivity contribution in [3.63, 3.8) is 0 Å². The summed E-state index contributed by atoms with van der Waals surface area (Å²) in [5.41, 5.74) is 0.301. The second-order valence-corrected chi connectivity index (χ2v) is 7.03. The fourth-order valence-corrected chi connectivity index (χ4v) is 3.38. The maximum absolute atomic E-state index is 12.6. The Balaban J connectivity index is 1.63. The van der Waals surface area contributed by atoms with E-state index in [0.29, 0.717) is 22.3 Å². The lowest BCUT2D eigenvalue weighted by molar-refractivity contribution is -0.116. The molecule has 136 valence electrons. The van der Waals surface area contributed by atoms with Gasteiger partial charge in [-0.2, -0.15) is 13.5 Å². The number of amides is 1. The van der Waals surface area contributed by atoms with Gasteiger partial charge in [-0.15, -0.1) is 16.4 Å². The molecule has 0 spiro atoms. The minimum absolute atomic E-state index is 0.0176. The van der Waals surface area contributed by atoms with Gasteiger partial charge in [0.25, 0.3) is 11.6 Å². The second-order valence-electron chi connectivity index (χ2n) is 5.05. The monoisotopic (exact) mass is 397 g/mol. The molecule has 0 radical (unpaired) electrons. The van der Waals surface area contributed by atoms with Crippen LogP contribution in [0.4, 0.5) is 14.5 Å². The summed E-state index contributed by atoms with van der Waals surface area (Å²) in [5, 5.41) is 8.46. The van der Waals surface area contributed by atoms with Gasteiger partial charge in [-0.1, -0.05) is 30.0 Å². The van der Waals surface area contributed by atoms with Crippen LogP contribution >= 0.6 is 23.1 Å². The number of thiophene rings is 1. The van der Waals surface area contributed by atoms with E-state index in [1.165, 1.54) is 17.4 Å². The molecule has 3 rings (SSSR count). The molecule has 6 nitrogen and oxygen atoms in total. The van der Waals surface area contributed by atoms with Crippen LogP contribution in [-0.2, 0) is 11.3 Å². The van der Waals surface area contributed by atoms with E-state index < -0.39 is 17.4 Å². The highest BCUT2D eigenvalue weighted by Gasteiger charge is 2.14. The molecule has 0 aliphatic carbocycles. The standard InChI is InChI=1S/C16H13F2N3O3S2/c17-15(18)26-11-5-2-1-4-10(11)19-13(22)7-8-21-16(23)24-14(20-21)12-6-3-9-25-12/h1-6,9,15H,7-8H2,(H,19,22). The first kappa shape index (κ1) is 18.3. The SMILES string of the molecule is O=C(CCn1nc(-c2cccs2)oc1=O)Nc1ccccc1SC(F)F. The first-order valence-corrected chi connectivity index (χ1v) is 9.24. The van der Waals surface area contributed by atoms with Crippen LogP contribution in [-0.4, -0.2) is 21.4 Å². The summed E-state index contributed by atoms with van der Waals surface area (Å²) >= 11 is 1.74. The number of alkyl halides is 2. The quantitative estimate of drug-likeness (QED) is 0.612. The van der Waals surface area contributed by atoms with Crippen molar-refractivity contribution in [1.29, 1.82) is 0 Å². The van der Waals surface area contributed by atoms with Crippen molar-refractivity contribution < 1.29 is 18.0 Å². The van der Waals surface area contributed by atoms with Crippen molar-refractivity contribution in [1.82, 2.24) is 9.78 Å². The summed E-state index contributed by atoms with van der Waals surface area (Å²) in [6, 6.07) is 9.87. The van der Waals surface area contributed by atoms with Gasteiger partial charge in [0, 0.05) is 11.3 Å².